The van der Waals surface area contributed by atoms with Crippen LogP contribution in [0.5, 0.6) is 0 Å². The number of anilines is 1. The van der Waals surface area contributed by atoms with E-state index >= 15 is 0 Å². The molecule has 2 fully saturated rings. The molecule has 0 unspecified atom stereocenters. The first-order valence-electron chi connectivity index (χ1n) is 8.43. The molecule has 1 aromatic carbocycles. The highest BCUT2D eigenvalue weighted by molar-refractivity contribution is 6.09. The lowest BCUT2D eigenvalue weighted by atomic mass is 9.99. The molecule has 9 heteroatoms. The molecule has 0 aliphatic carbocycles. The molecule has 0 spiro atoms. The van der Waals surface area contributed by atoms with Crippen molar-refractivity contribution in [3.63, 3.8) is 0 Å². The van der Waals surface area contributed by atoms with Crippen molar-refractivity contribution in [1.82, 2.24) is 10.6 Å². The van der Waals surface area contributed by atoms with Gasteiger partial charge in [0, 0.05) is 19.6 Å². The number of urea groups is 1. The third-order valence-electron chi connectivity index (χ3n) is 4.54. The summed E-state index contributed by atoms with van der Waals surface area (Å²) >= 11 is 0. The van der Waals surface area contributed by atoms with E-state index in [2.05, 4.69) is 10.6 Å². The number of aliphatic hydroxyl groups excluding tert-OH is 2. The highest BCUT2D eigenvalue weighted by Gasteiger charge is 2.34. The smallest absolute Gasteiger partial charge is 0.328 e. The van der Waals surface area contributed by atoms with Crippen molar-refractivity contribution in [2.45, 2.75) is 31.1 Å². The number of imide groups is 1. The molecule has 4 N–H and O–H groups in total. The largest absolute Gasteiger partial charge is 0.394 e. The Morgan fingerprint density at radius 2 is 2.12 bits per heavy atom. The molecule has 2 saturated heterocycles. The van der Waals surface area contributed by atoms with Gasteiger partial charge in [-0.15, -0.1) is 0 Å². The van der Waals surface area contributed by atoms with E-state index in [1.807, 2.05) is 0 Å². The van der Waals surface area contributed by atoms with E-state index in [4.69, 9.17) is 4.74 Å². The van der Waals surface area contributed by atoms with Gasteiger partial charge in [0.25, 0.3) is 5.91 Å². The van der Waals surface area contributed by atoms with Crippen LogP contribution in [0.3, 0.4) is 0 Å². The summed E-state index contributed by atoms with van der Waals surface area (Å²) in [5.74, 6) is -0.804. The maximum atomic E-state index is 12.7. The number of carbonyl (C=O) groups is 3. The Morgan fingerprint density at radius 1 is 1.35 bits per heavy atom. The van der Waals surface area contributed by atoms with Crippen LogP contribution in [0.2, 0.25) is 0 Å². The number of hydrogen-bond donors (Lipinski definition) is 4. The lowest BCUT2D eigenvalue weighted by Crippen LogP contribution is -2.54. The maximum absolute atomic E-state index is 12.7. The molecular weight excluding hydrogens is 342 g/mol. The zero-order chi connectivity index (χ0) is 18.7. The fourth-order valence-corrected chi connectivity index (χ4v) is 3.13. The maximum Gasteiger partial charge on any atom is 0.328 e. The average molecular weight is 363 g/mol. The third kappa shape index (κ3) is 3.69. The molecule has 2 aliphatic heterocycles. The van der Waals surface area contributed by atoms with Crippen molar-refractivity contribution in [2.75, 3.05) is 24.7 Å². The Bertz CT molecular complexity index is 709. The number of rotatable bonds is 4. The molecule has 140 valence electrons. The second-order valence-electron chi connectivity index (χ2n) is 6.22. The Labute approximate surface area is 149 Å². The molecule has 0 aromatic heterocycles. The van der Waals surface area contributed by atoms with Gasteiger partial charge < -0.3 is 20.3 Å². The number of nitrogens with one attached hydrogen (secondary N) is 2. The second-order valence-corrected chi connectivity index (χ2v) is 6.22. The first-order chi connectivity index (χ1) is 12.5. The molecule has 0 radical (unpaired) electrons. The summed E-state index contributed by atoms with van der Waals surface area (Å²) in [7, 11) is 0. The van der Waals surface area contributed by atoms with Crippen LogP contribution in [0.25, 0.3) is 0 Å². The quantitative estimate of drug-likeness (QED) is 0.564. The molecule has 3 atom stereocenters. The molecule has 4 amide bonds. The van der Waals surface area contributed by atoms with E-state index < -0.39 is 30.2 Å². The summed E-state index contributed by atoms with van der Waals surface area (Å²) in [6.45, 7) is 0.152. The van der Waals surface area contributed by atoms with Gasteiger partial charge in [0.1, 0.15) is 12.2 Å². The summed E-state index contributed by atoms with van der Waals surface area (Å²) in [5.41, 5.74) is 0.645. The topological polar surface area (TPSA) is 128 Å². The normalized spacial score (nSPS) is 26.4. The van der Waals surface area contributed by atoms with Crippen LogP contribution in [0.4, 0.5) is 10.5 Å². The summed E-state index contributed by atoms with van der Waals surface area (Å²) in [6.07, 6.45) is -1.22. The minimum absolute atomic E-state index is 0.151. The average Bonchev–Trinajstić information content (AvgIpc) is 2.63. The van der Waals surface area contributed by atoms with Gasteiger partial charge in [-0.25, -0.2) is 4.79 Å². The minimum Gasteiger partial charge on any atom is -0.394 e. The zero-order valence-electron chi connectivity index (χ0n) is 14.1. The van der Waals surface area contributed by atoms with E-state index in [0.717, 1.165) is 0 Å². The summed E-state index contributed by atoms with van der Waals surface area (Å²) < 4.78 is 5.26. The number of para-hydroxylation sites is 1. The monoisotopic (exact) mass is 363 g/mol. The number of hydrogen-bond acceptors (Lipinski definition) is 6. The predicted molar refractivity (Wildman–Crippen MR) is 90.6 cm³/mol. The highest BCUT2D eigenvalue weighted by atomic mass is 16.5. The number of benzene rings is 1. The summed E-state index contributed by atoms with van der Waals surface area (Å²) in [4.78, 5) is 37.5. The van der Waals surface area contributed by atoms with Gasteiger partial charge in [-0.3, -0.25) is 19.8 Å². The fourth-order valence-electron chi connectivity index (χ4n) is 3.13. The molecule has 0 saturated carbocycles. The van der Waals surface area contributed by atoms with E-state index in [0.29, 0.717) is 18.7 Å². The molecule has 9 nitrogen and oxygen atoms in total. The lowest BCUT2D eigenvalue weighted by Gasteiger charge is -2.34. The fraction of sp³-hybridized carbons (Fsp3) is 0.471. The number of carbonyl (C=O) groups excluding carboxylic acids is 3. The van der Waals surface area contributed by atoms with E-state index in [9.17, 15) is 24.6 Å². The van der Waals surface area contributed by atoms with Crippen LogP contribution in [-0.4, -0.2) is 66.1 Å². The number of amides is 4. The predicted octanol–water partition coefficient (Wildman–Crippen LogP) is -0.627. The molecule has 2 heterocycles. The van der Waals surface area contributed by atoms with Gasteiger partial charge >= 0.3 is 6.03 Å². The standard InChI is InChI=1S/C17H21N3O6/c21-9-13-15(23)11(6-8-26-13)18-16(24)10-3-1-2-4-12(10)20-7-5-14(22)19-17(20)25/h1-4,11,13,15,21,23H,5-9H2,(H,18,24)(H,19,22,25)/t11-,13+,15-/m0/s1. The molecular formula is C17H21N3O6. The van der Waals surface area contributed by atoms with Gasteiger partial charge in [0.15, 0.2) is 0 Å². The Hall–Kier alpha value is -2.49. The minimum atomic E-state index is -1.03. The van der Waals surface area contributed by atoms with Crippen LogP contribution in [0, 0.1) is 0 Å². The number of aliphatic hydroxyl groups is 2. The molecule has 1 aromatic rings. The summed E-state index contributed by atoms with van der Waals surface area (Å²) in [5, 5.41) is 24.4. The van der Waals surface area contributed by atoms with E-state index in [1.54, 1.807) is 24.3 Å². The van der Waals surface area contributed by atoms with Crippen molar-refractivity contribution < 1.29 is 29.3 Å². The van der Waals surface area contributed by atoms with Crippen molar-refractivity contribution in [3.8, 4) is 0 Å². The lowest BCUT2D eigenvalue weighted by molar-refractivity contribution is -0.120. The van der Waals surface area contributed by atoms with Crippen LogP contribution < -0.4 is 15.5 Å². The van der Waals surface area contributed by atoms with Crippen molar-refractivity contribution in [3.05, 3.63) is 29.8 Å². The van der Waals surface area contributed by atoms with Crippen LogP contribution in [-0.2, 0) is 9.53 Å². The van der Waals surface area contributed by atoms with Gasteiger partial charge in [0.2, 0.25) is 5.91 Å². The van der Waals surface area contributed by atoms with Crippen LogP contribution >= 0.6 is 0 Å². The first-order valence-corrected chi connectivity index (χ1v) is 8.43. The number of nitrogens with zero attached hydrogens (tertiary/aromatic N) is 1. The van der Waals surface area contributed by atoms with Crippen LogP contribution in [0.15, 0.2) is 24.3 Å². The zero-order valence-corrected chi connectivity index (χ0v) is 14.1. The van der Waals surface area contributed by atoms with Crippen molar-refractivity contribution in [1.29, 1.82) is 0 Å². The molecule has 3 rings (SSSR count). The van der Waals surface area contributed by atoms with Crippen molar-refractivity contribution in [2.24, 2.45) is 0 Å². The number of ether oxygens (including phenoxy) is 1. The second kappa shape index (κ2) is 7.81. The Balaban J connectivity index is 1.78. The highest BCUT2D eigenvalue weighted by Crippen LogP contribution is 2.23. The SMILES string of the molecule is O=C1CCN(c2ccccc2C(=O)N[C@H]2CCO[C@H](CO)[C@H]2O)C(=O)N1. The third-order valence-corrected chi connectivity index (χ3v) is 4.54. The Morgan fingerprint density at radius 3 is 2.85 bits per heavy atom. The molecule has 0 bridgehead atoms. The van der Waals surface area contributed by atoms with Gasteiger partial charge in [-0.1, -0.05) is 12.1 Å². The van der Waals surface area contributed by atoms with E-state index in [1.165, 1.54) is 4.90 Å². The molecule has 26 heavy (non-hydrogen) atoms. The van der Waals surface area contributed by atoms with Gasteiger partial charge in [0.05, 0.1) is 23.9 Å². The first kappa shape index (κ1) is 18.3. The summed E-state index contributed by atoms with van der Waals surface area (Å²) in [6, 6.07) is 5.42. The Kier molecular flexibility index (Phi) is 5.50. The van der Waals surface area contributed by atoms with Crippen molar-refractivity contribution >= 4 is 23.5 Å². The van der Waals surface area contributed by atoms with Crippen LogP contribution in [0.1, 0.15) is 23.2 Å². The van der Waals surface area contributed by atoms with E-state index in [-0.39, 0.29) is 31.0 Å². The molecule has 2 aliphatic rings. The van der Waals surface area contributed by atoms with Gasteiger partial charge in [-0.2, -0.15) is 0 Å². The van der Waals surface area contributed by atoms with Gasteiger partial charge in [-0.05, 0) is 18.6 Å².